The van der Waals surface area contributed by atoms with Crippen LogP contribution in [0.2, 0.25) is 0 Å². The van der Waals surface area contributed by atoms with Gasteiger partial charge in [0, 0.05) is 10.8 Å². The molecule has 0 N–H and O–H groups in total. The SMILES string of the molecule is CC1(C)COC1c1ccc(C2OCC2(C)C)cc1. The van der Waals surface area contributed by atoms with Gasteiger partial charge < -0.3 is 9.47 Å². The summed E-state index contributed by atoms with van der Waals surface area (Å²) in [5.41, 5.74) is 3.11. The molecule has 2 saturated heterocycles. The van der Waals surface area contributed by atoms with Gasteiger partial charge in [0.15, 0.2) is 0 Å². The lowest BCUT2D eigenvalue weighted by molar-refractivity contribution is -0.173. The molecule has 2 nitrogen and oxygen atoms in total. The van der Waals surface area contributed by atoms with E-state index in [1.54, 1.807) is 0 Å². The first-order valence-corrected chi connectivity index (χ1v) is 6.73. The van der Waals surface area contributed by atoms with Gasteiger partial charge in [0.2, 0.25) is 0 Å². The fourth-order valence-corrected chi connectivity index (χ4v) is 2.94. The van der Waals surface area contributed by atoms with Crippen LogP contribution in [0.5, 0.6) is 0 Å². The quantitative estimate of drug-likeness (QED) is 0.788. The molecule has 1 aromatic carbocycles. The van der Waals surface area contributed by atoms with Crippen molar-refractivity contribution in [1.29, 1.82) is 0 Å². The van der Waals surface area contributed by atoms with Crippen LogP contribution in [0.15, 0.2) is 24.3 Å². The number of hydrogen-bond donors (Lipinski definition) is 0. The van der Waals surface area contributed by atoms with Crippen LogP contribution >= 0.6 is 0 Å². The third-order valence-electron chi connectivity index (χ3n) is 4.21. The van der Waals surface area contributed by atoms with Gasteiger partial charge in [0.05, 0.1) is 25.4 Å². The molecule has 98 valence electrons. The summed E-state index contributed by atoms with van der Waals surface area (Å²) >= 11 is 0. The van der Waals surface area contributed by atoms with Gasteiger partial charge in [0.25, 0.3) is 0 Å². The van der Waals surface area contributed by atoms with Crippen LogP contribution in [0.4, 0.5) is 0 Å². The number of rotatable bonds is 2. The van der Waals surface area contributed by atoms with E-state index in [0.29, 0.717) is 0 Å². The minimum Gasteiger partial charge on any atom is -0.372 e. The Balaban J connectivity index is 1.78. The molecular formula is C16H22O2. The summed E-state index contributed by atoms with van der Waals surface area (Å²) in [7, 11) is 0. The molecule has 0 aromatic heterocycles. The van der Waals surface area contributed by atoms with Crippen molar-refractivity contribution >= 4 is 0 Å². The van der Waals surface area contributed by atoms with Crippen molar-refractivity contribution in [3.05, 3.63) is 35.4 Å². The lowest BCUT2D eigenvalue weighted by Crippen LogP contribution is -2.41. The highest BCUT2D eigenvalue weighted by Gasteiger charge is 2.42. The Morgan fingerprint density at radius 3 is 1.28 bits per heavy atom. The van der Waals surface area contributed by atoms with Gasteiger partial charge in [-0.05, 0) is 11.1 Å². The van der Waals surface area contributed by atoms with E-state index < -0.39 is 0 Å². The highest BCUT2D eigenvalue weighted by atomic mass is 16.5. The van der Waals surface area contributed by atoms with Crippen LogP contribution in [-0.2, 0) is 9.47 Å². The Morgan fingerprint density at radius 1 is 0.778 bits per heavy atom. The molecule has 0 spiro atoms. The summed E-state index contributed by atoms with van der Waals surface area (Å²) in [4.78, 5) is 0. The van der Waals surface area contributed by atoms with Crippen molar-refractivity contribution in [3.8, 4) is 0 Å². The van der Waals surface area contributed by atoms with Crippen molar-refractivity contribution in [1.82, 2.24) is 0 Å². The van der Waals surface area contributed by atoms with Gasteiger partial charge in [-0.15, -0.1) is 0 Å². The molecule has 0 amide bonds. The zero-order valence-corrected chi connectivity index (χ0v) is 11.7. The van der Waals surface area contributed by atoms with Crippen LogP contribution in [0.3, 0.4) is 0 Å². The Labute approximate surface area is 109 Å². The number of benzene rings is 1. The Bertz CT molecular complexity index is 402. The summed E-state index contributed by atoms with van der Waals surface area (Å²) in [6.45, 7) is 10.7. The second kappa shape index (κ2) is 3.82. The van der Waals surface area contributed by atoms with E-state index in [4.69, 9.17) is 9.47 Å². The summed E-state index contributed by atoms with van der Waals surface area (Å²) in [6, 6.07) is 8.77. The lowest BCUT2D eigenvalue weighted by Gasteiger charge is -2.46. The maximum atomic E-state index is 5.68. The van der Waals surface area contributed by atoms with Crippen LogP contribution < -0.4 is 0 Å². The highest BCUT2D eigenvalue weighted by Crippen LogP contribution is 2.48. The number of ether oxygens (including phenoxy) is 2. The Hall–Kier alpha value is -0.860. The van der Waals surface area contributed by atoms with Crippen LogP contribution in [0.1, 0.15) is 51.0 Å². The lowest BCUT2D eigenvalue weighted by atomic mass is 9.76. The van der Waals surface area contributed by atoms with Crippen molar-refractivity contribution in [2.75, 3.05) is 13.2 Å². The highest BCUT2D eigenvalue weighted by molar-refractivity contribution is 5.29. The summed E-state index contributed by atoms with van der Waals surface area (Å²) in [5, 5.41) is 0. The summed E-state index contributed by atoms with van der Waals surface area (Å²) < 4.78 is 11.4. The van der Waals surface area contributed by atoms with Crippen molar-refractivity contribution in [3.63, 3.8) is 0 Å². The first-order chi connectivity index (χ1) is 8.40. The standard InChI is InChI=1S/C16H22O2/c1-15(2)9-17-13(15)11-5-7-12(8-6-11)14-16(3,4)10-18-14/h5-8,13-14H,9-10H2,1-4H3. The molecule has 0 aliphatic carbocycles. The molecule has 2 atom stereocenters. The smallest absolute Gasteiger partial charge is 0.0898 e. The van der Waals surface area contributed by atoms with E-state index in [9.17, 15) is 0 Å². The normalized spacial score (nSPS) is 32.4. The molecule has 0 bridgehead atoms. The van der Waals surface area contributed by atoms with Gasteiger partial charge >= 0.3 is 0 Å². The van der Waals surface area contributed by atoms with Gasteiger partial charge in [-0.3, -0.25) is 0 Å². The van der Waals surface area contributed by atoms with E-state index >= 15 is 0 Å². The fourth-order valence-electron chi connectivity index (χ4n) is 2.94. The molecule has 2 aliphatic rings. The Kier molecular flexibility index (Phi) is 2.58. The predicted molar refractivity (Wildman–Crippen MR) is 71.4 cm³/mol. The maximum Gasteiger partial charge on any atom is 0.0898 e. The van der Waals surface area contributed by atoms with E-state index in [1.165, 1.54) is 11.1 Å². The van der Waals surface area contributed by atoms with Crippen LogP contribution in [0, 0.1) is 10.8 Å². The van der Waals surface area contributed by atoms with Gasteiger partial charge in [0.1, 0.15) is 0 Å². The van der Waals surface area contributed by atoms with Crippen LogP contribution in [-0.4, -0.2) is 13.2 Å². The van der Waals surface area contributed by atoms with Gasteiger partial charge in [-0.25, -0.2) is 0 Å². The van der Waals surface area contributed by atoms with Crippen molar-refractivity contribution in [2.45, 2.75) is 39.9 Å². The van der Waals surface area contributed by atoms with E-state index in [0.717, 1.165) is 13.2 Å². The van der Waals surface area contributed by atoms with Gasteiger partial charge in [-0.2, -0.15) is 0 Å². The van der Waals surface area contributed by atoms with E-state index in [2.05, 4.69) is 52.0 Å². The molecule has 3 rings (SSSR count). The topological polar surface area (TPSA) is 18.5 Å². The predicted octanol–water partition coefficient (Wildman–Crippen LogP) is 3.88. The average Bonchev–Trinajstić information content (AvgIpc) is 2.29. The molecule has 2 unspecified atom stereocenters. The molecule has 18 heavy (non-hydrogen) atoms. The molecule has 2 heteroatoms. The molecule has 0 radical (unpaired) electrons. The third-order valence-corrected chi connectivity index (χ3v) is 4.21. The van der Waals surface area contributed by atoms with E-state index in [1.807, 2.05) is 0 Å². The largest absolute Gasteiger partial charge is 0.372 e. The van der Waals surface area contributed by atoms with Gasteiger partial charge in [-0.1, -0.05) is 52.0 Å². The first-order valence-electron chi connectivity index (χ1n) is 6.73. The second-order valence-corrected chi connectivity index (χ2v) is 7.03. The minimum atomic E-state index is 0.252. The molecule has 2 fully saturated rings. The average molecular weight is 246 g/mol. The fraction of sp³-hybridized carbons (Fsp3) is 0.625. The molecule has 2 aliphatic heterocycles. The summed E-state index contributed by atoms with van der Waals surface area (Å²) in [5.74, 6) is 0. The molecular weight excluding hydrogens is 224 g/mol. The molecule has 2 heterocycles. The van der Waals surface area contributed by atoms with E-state index in [-0.39, 0.29) is 23.0 Å². The first kappa shape index (κ1) is 12.2. The zero-order valence-electron chi connectivity index (χ0n) is 11.7. The zero-order chi connectivity index (χ0) is 13.0. The Morgan fingerprint density at radius 2 is 1.11 bits per heavy atom. The molecule has 1 aromatic rings. The monoisotopic (exact) mass is 246 g/mol. The minimum absolute atomic E-state index is 0.252. The second-order valence-electron chi connectivity index (χ2n) is 7.03. The third kappa shape index (κ3) is 1.79. The number of hydrogen-bond acceptors (Lipinski definition) is 2. The van der Waals surface area contributed by atoms with Crippen LogP contribution in [0.25, 0.3) is 0 Å². The maximum absolute atomic E-state index is 5.68. The van der Waals surface area contributed by atoms with Crippen molar-refractivity contribution < 1.29 is 9.47 Å². The summed E-state index contributed by atoms with van der Waals surface area (Å²) in [6.07, 6.45) is 0.503. The van der Waals surface area contributed by atoms with Crippen molar-refractivity contribution in [2.24, 2.45) is 10.8 Å². The molecule has 0 saturated carbocycles.